The van der Waals surface area contributed by atoms with Crippen LogP contribution in [0.4, 0.5) is 5.69 Å². The molecule has 0 saturated heterocycles. The van der Waals surface area contributed by atoms with Crippen molar-refractivity contribution in [3.8, 4) is 0 Å². The van der Waals surface area contributed by atoms with E-state index < -0.39 is 5.91 Å². The van der Waals surface area contributed by atoms with E-state index in [2.05, 4.69) is 28.1 Å². The molecule has 2 aliphatic rings. The van der Waals surface area contributed by atoms with Gasteiger partial charge in [0.2, 0.25) is 5.17 Å². The highest BCUT2D eigenvalue weighted by Crippen LogP contribution is 2.31. The quantitative estimate of drug-likeness (QED) is 0.646. The zero-order valence-corrected chi connectivity index (χ0v) is 15.9. The van der Waals surface area contributed by atoms with Gasteiger partial charge in [-0.05, 0) is 43.9 Å². The van der Waals surface area contributed by atoms with E-state index in [1.165, 1.54) is 11.8 Å². The number of aliphatic imine (C=N–C) groups is 1. The maximum Gasteiger partial charge on any atom is 0.283 e. The summed E-state index contributed by atoms with van der Waals surface area (Å²) in [6.07, 6.45) is 3.61. The first-order valence-electron chi connectivity index (χ1n) is 7.96. The molecule has 8 heteroatoms. The number of anilines is 1. The lowest BCUT2D eigenvalue weighted by molar-refractivity contribution is -0.114. The Morgan fingerprint density at radius 1 is 1.28 bits per heavy atom. The molecule has 1 aromatic rings. The first-order valence-corrected chi connectivity index (χ1v) is 9.96. The number of hydrogen-bond donors (Lipinski definition) is 1. The molecule has 0 radical (unpaired) electrons. The summed E-state index contributed by atoms with van der Waals surface area (Å²) in [5.74, 6) is -0.268. The summed E-state index contributed by atoms with van der Waals surface area (Å²) < 4.78 is 4.24. The van der Waals surface area contributed by atoms with Gasteiger partial charge >= 0.3 is 0 Å². The van der Waals surface area contributed by atoms with Crippen LogP contribution in [-0.4, -0.2) is 46.3 Å². The predicted molar refractivity (Wildman–Crippen MR) is 109 cm³/mol. The second kappa shape index (κ2) is 7.45. The molecule has 25 heavy (non-hydrogen) atoms. The molecule has 0 bridgehead atoms. The number of amides is 1. The molecule has 0 aliphatic carbocycles. The number of nitrogens with zero attached hydrogens (tertiary/aromatic N) is 4. The molecule has 0 fully saturated rings. The lowest BCUT2D eigenvalue weighted by Crippen LogP contribution is -2.41. The van der Waals surface area contributed by atoms with Crippen molar-refractivity contribution < 1.29 is 4.79 Å². The fraction of sp³-hybridized carbons (Fsp3) is 0.294. The van der Waals surface area contributed by atoms with Crippen molar-refractivity contribution in [3.63, 3.8) is 0 Å². The highest BCUT2D eigenvalue weighted by Gasteiger charge is 2.36. The third-order valence-electron chi connectivity index (χ3n) is 4.01. The Kier molecular flexibility index (Phi) is 5.29. The summed E-state index contributed by atoms with van der Waals surface area (Å²) in [6.45, 7) is 6.13. The van der Waals surface area contributed by atoms with Crippen LogP contribution in [0.1, 0.15) is 19.4 Å². The molecule has 2 heterocycles. The van der Waals surface area contributed by atoms with Gasteiger partial charge in [0.05, 0.1) is 17.5 Å². The smallest absolute Gasteiger partial charge is 0.283 e. The van der Waals surface area contributed by atoms with Crippen LogP contribution < -0.4 is 4.90 Å². The SMILES string of the molecule is CCN(CC)c1ccc(/C=C2/C(=N)N3C(SC)=NSC3=NC2=O)cc1. The predicted octanol–water partition coefficient (Wildman–Crippen LogP) is 3.47. The summed E-state index contributed by atoms with van der Waals surface area (Å²) in [5.41, 5.74) is 2.30. The molecular weight excluding hydrogens is 354 g/mol. The summed E-state index contributed by atoms with van der Waals surface area (Å²) in [6, 6.07) is 7.99. The first-order chi connectivity index (χ1) is 12.1. The topological polar surface area (TPSA) is 72.1 Å². The lowest BCUT2D eigenvalue weighted by Gasteiger charge is -2.24. The Bertz CT molecular complexity index is 794. The van der Waals surface area contributed by atoms with Crippen LogP contribution in [0.2, 0.25) is 0 Å². The van der Waals surface area contributed by atoms with Crippen molar-refractivity contribution in [2.45, 2.75) is 13.8 Å². The summed E-state index contributed by atoms with van der Waals surface area (Å²) in [7, 11) is 0. The van der Waals surface area contributed by atoms with Crippen LogP contribution in [0.25, 0.3) is 6.08 Å². The molecule has 130 valence electrons. The van der Waals surface area contributed by atoms with Crippen LogP contribution in [0, 0.1) is 5.41 Å². The van der Waals surface area contributed by atoms with Crippen molar-refractivity contribution in [3.05, 3.63) is 35.4 Å². The van der Waals surface area contributed by atoms with Crippen LogP contribution in [0.5, 0.6) is 0 Å². The van der Waals surface area contributed by atoms with Crippen molar-refractivity contribution >= 4 is 57.6 Å². The van der Waals surface area contributed by atoms with E-state index in [0.29, 0.717) is 10.3 Å². The standard InChI is InChI=1S/C17H19N5OS2/c1-4-21(5-2)12-8-6-11(7-9-12)10-13-14(18)22-16(19-15(13)23)25-20-17(22)24-3/h6-10,18H,4-5H2,1-3H3/b13-10-,18-14?. The third-order valence-corrected chi connectivity index (χ3v) is 5.47. The van der Waals surface area contributed by atoms with Gasteiger partial charge in [0, 0.05) is 18.8 Å². The summed E-state index contributed by atoms with van der Waals surface area (Å²) >= 11 is 2.56. The zero-order valence-electron chi connectivity index (χ0n) is 14.3. The van der Waals surface area contributed by atoms with Crippen LogP contribution >= 0.6 is 23.7 Å². The lowest BCUT2D eigenvalue weighted by atomic mass is 10.1. The first kappa shape index (κ1) is 17.8. The van der Waals surface area contributed by atoms with E-state index in [1.54, 1.807) is 11.0 Å². The zero-order chi connectivity index (χ0) is 18.0. The molecule has 2 aliphatic heterocycles. The molecule has 0 unspecified atom stereocenters. The average Bonchev–Trinajstić information content (AvgIpc) is 3.03. The van der Waals surface area contributed by atoms with Gasteiger partial charge < -0.3 is 4.90 Å². The van der Waals surface area contributed by atoms with Gasteiger partial charge in [0.1, 0.15) is 5.84 Å². The number of nitrogens with one attached hydrogen (secondary N) is 1. The third kappa shape index (κ3) is 3.36. The number of carbonyl (C=O) groups is 1. The van der Waals surface area contributed by atoms with Gasteiger partial charge in [-0.3, -0.25) is 10.2 Å². The number of carbonyl (C=O) groups excluding carboxylic acids is 1. The van der Waals surface area contributed by atoms with Gasteiger partial charge in [-0.2, -0.15) is 9.39 Å². The molecule has 1 N–H and O–H groups in total. The number of benzene rings is 1. The highest BCUT2D eigenvalue weighted by molar-refractivity contribution is 8.18. The summed E-state index contributed by atoms with van der Waals surface area (Å²) in [5, 5.41) is 9.52. The Morgan fingerprint density at radius 2 is 1.96 bits per heavy atom. The van der Waals surface area contributed by atoms with Crippen molar-refractivity contribution in [2.24, 2.45) is 9.39 Å². The Labute approximate surface area is 155 Å². The van der Waals surface area contributed by atoms with Gasteiger partial charge in [0.25, 0.3) is 5.91 Å². The van der Waals surface area contributed by atoms with Crippen LogP contribution in [0.15, 0.2) is 39.2 Å². The van der Waals surface area contributed by atoms with Crippen molar-refractivity contribution in [1.82, 2.24) is 4.90 Å². The molecule has 6 nitrogen and oxygen atoms in total. The maximum atomic E-state index is 12.3. The fourth-order valence-corrected chi connectivity index (χ4v) is 4.12. The van der Waals surface area contributed by atoms with Crippen molar-refractivity contribution in [1.29, 1.82) is 5.41 Å². The van der Waals surface area contributed by atoms with Gasteiger partial charge in [-0.25, -0.2) is 4.90 Å². The number of fused-ring (bicyclic) bond motifs is 1. The second-order valence-electron chi connectivity index (χ2n) is 5.37. The van der Waals surface area contributed by atoms with E-state index >= 15 is 0 Å². The molecule has 0 atom stereocenters. The van der Waals surface area contributed by atoms with E-state index in [-0.39, 0.29) is 11.4 Å². The molecule has 0 saturated carbocycles. The van der Waals surface area contributed by atoms with E-state index in [0.717, 1.165) is 36.3 Å². The number of rotatable bonds is 4. The minimum Gasteiger partial charge on any atom is -0.372 e. The Morgan fingerprint density at radius 3 is 2.56 bits per heavy atom. The average molecular weight is 374 g/mol. The Balaban J connectivity index is 1.89. The monoisotopic (exact) mass is 373 g/mol. The normalized spacial score (nSPS) is 18.4. The molecule has 1 amide bonds. The molecule has 1 aromatic carbocycles. The minimum absolute atomic E-state index is 0.126. The number of hydrogen-bond acceptors (Lipinski definition) is 6. The van der Waals surface area contributed by atoms with Crippen molar-refractivity contribution in [2.75, 3.05) is 24.2 Å². The van der Waals surface area contributed by atoms with Crippen LogP contribution in [0.3, 0.4) is 0 Å². The fourth-order valence-electron chi connectivity index (χ4n) is 2.67. The number of amidine groups is 3. The van der Waals surface area contributed by atoms with Gasteiger partial charge in [-0.1, -0.05) is 23.9 Å². The highest BCUT2D eigenvalue weighted by atomic mass is 32.2. The van der Waals surface area contributed by atoms with E-state index in [1.807, 2.05) is 30.5 Å². The molecule has 3 rings (SSSR count). The Hall–Kier alpha value is -2.06. The maximum absolute atomic E-state index is 12.3. The van der Waals surface area contributed by atoms with Crippen LogP contribution in [-0.2, 0) is 4.79 Å². The van der Waals surface area contributed by atoms with E-state index in [4.69, 9.17) is 5.41 Å². The molecule has 0 spiro atoms. The number of thioether (sulfide) groups is 1. The van der Waals surface area contributed by atoms with Gasteiger partial charge in [-0.15, -0.1) is 0 Å². The minimum atomic E-state index is -0.394. The van der Waals surface area contributed by atoms with E-state index in [9.17, 15) is 4.79 Å². The largest absolute Gasteiger partial charge is 0.372 e. The molecular formula is C17H19N5OS2. The van der Waals surface area contributed by atoms with Gasteiger partial charge in [0.15, 0.2) is 5.17 Å². The second-order valence-corrected chi connectivity index (χ2v) is 6.88. The molecule has 0 aromatic heterocycles. The summed E-state index contributed by atoms with van der Waals surface area (Å²) in [4.78, 5) is 20.2.